The number of likely N-dealkylation sites (tertiary alicyclic amines) is 1. The van der Waals surface area contributed by atoms with Gasteiger partial charge in [0.15, 0.2) is 0 Å². The van der Waals surface area contributed by atoms with E-state index < -0.39 is 5.54 Å². The van der Waals surface area contributed by atoms with E-state index in [1.54, 1.807) is 0 Å². The van der Waals surface area contributed by atoms with Crippen LogP contribution in [0.5, 0.6) is 0 Å². The number of esters is 1. The van der Waals surface area contributed by atoms with Gasteiger partial charge < -0.3 is 10.1 Å². The second-order valence-electron chi connectivity index (χ2n) is 6.68. The molecule has 2 fully saturated rings. The van der Waals surface area contributed by atoms with E-state index >= 15 is 0 Å². The van der Waals surface area contributed by atoms with Crippen LogP contribution in [0.2, 0.25) is 0 Å². The summed E-state index contributed by atoms with van der Waals surface area (Å²) in [4.78, 5) is 15.1. The standard InChI is InChI=1S/C17H32N2O2/c1-4-8-15-9-6-7-12-19(15)13-17(18-5-2,14-10-11-14)16(20)21-3/h14-15,18H,4-13H2,1-3H3. The lowest BCUT2D eigenvalue weighted by atomic mass is 9.89. The minimum Gasteiger partial charge on any atom is -0.468 e. The van der Waals surface area contributed by atoms with Crippen molar-refractivity contribution in [2.75, 3.05) is 26.7 Å². The molecule has 122 valence electrons. The molecule has 21 heavy (non-hydrogen) atoms. The van der Waals surface area contributed by atoms with Crippen LogP contribution in [0.3, 0.4) is 0 Å². The number of carbonyl (C=O) groups is 1. The van der Waals surface area contributed by atoms with Gasteiger partial charge in [-0.25, -0.2) is 4.79 Å². The first-order valence-corrected chi connectivity index (χ1v) is 8.75. The highest BCUT2D eigenvalue weighted by atomic mass is 16.5. The summed E-state index contributed by atoms with van der Waals surface area (Å²) in [6, 6.07) is 0.644. The average Bonchev–Trinajstić information content (AvgIpc) is 3.33. The summed E-state index contributed by atoms with van der Waals surface area (Å²) in [6.07, 6.45) is 8.63. The molecule has 2 unspecified atom stereocenters. The Bertz CT molecular complexity index is 342. The molecule has 0 bridgehead atoms. The molecule has 0 aromatic heterocycles. The predicted octanol–water partition coefficient (Wildman–Crippen LogP) is 2.57. The zero-order valence-corrected chi connectivity index (χ0v) is 14.0. The van der Waals surface area contributed by atoms with Crippen LogP contribution >= 0.6 is 0 Å². The maximum Gasteiger partial charge on any atom is 0.327 e. The van der Waals surface area contributed by atoms with E-state index in [-0.39, 0.29) is 5.97 Å². The molecule has 0 radical (unpaired) electrons. The summed E-state index contributed by atoms with van der Waals surface area (Å²) >= 11 is 0. The van der Waals surface area contributed by atoms with E-state index in [1.807, 2.05) is 0 Å². The van der Waals surface area contributed by atoms with Gasteiger partial charge in [-0.2, -0.15) is 0 Å². The second kappa shape index (κ2) is 7.59. The summed E-state index contributed by atoms with van der Waals surface area (Å²) in [5, 5.41) is 3.50. The number of likely N-dealkylation sites (N-methyl/N-ethyl adjacent to an activating group) is 1. The van der Waals surface area contributed by atoms with Gasteiger partial charge in [0.1, 0.15) is 5.54 Å². The molecule has 2 atom stereocenters. The van der Waals surface area contributed by atoms with Crippen molar-refractivity contribution < 1.29 is 9.53 Å². The number of hydrogen-bond donors (Lipinski definition) is 1. The summed E-state index contributed by atoms with van der Waals surface area (Å²) < 4.78 is 5.18. The molecule has 0 aromatic carbocycles. The number of hydrogen-bond acceptors (Lipinski definition) is 4. The minimum absolute atomic E-state index is 0.0623. The van der Waals surface area contributed by atoms with Crippen molar-refractivity contribution in [1.82, 2.24) is 10.2 Å². The van der Waals surface area contributed by atoms with E-state index in [9.17, 15) is 4.79 Å². The third-order valence-electron chi connectivity index (χ3n) is 5.14. The fourth-order valence-corrected chi connectivity index (χ4v) is 3.96. The van der Waals surface area contributed by atoms with Gasteiger partial charge in [0.2, 0.25) is 0 Å². The smallest absolute Gasteiger partial charge is 0.327 e. The molecule has 1 aliphatic heterocycles. The van der Waals surface area contributed by atoms with E-state index in [1.165, 1.54) is 39.2 Å². The molecule has 0 aromatic rings. The Labute approximate surface area is 129 Å². The van der Waals surface area contributed by atoms with Crippen LogP contribution in [0.25, 0.3) is 0 Å². The van der Waals surface area contributed by atoms with Gasteiger partial charge in [-0.05, 0) is 51.1 Å². The number of ether oxygens (including phenoxy) is 1. The first-order chi connectivity index (χ1) is 10.2. The molecular weight excluding hydrogens is 264 g/mol. The second-order valence-corrected chi connectivity index (χ2v) is 6.68. The Kier molecular flexibility index (Phi) is 6.06. The van der Waals surface area contributed by atoms with Crippen molar-refractivity contribution in [2.24, 2.45) is 5.92 Å². The third kappa shape index (κ3) is 3.78. The molecule has 0 amide bonds. The molecule has 0 spiro atoms. The highest BCUT2D eigenvalue weighted by Crippen LogP contribution is 2.41. The quantitative estimate of drug-likeness (QED) is 0.699. The summed E-state index contributed by atoms with van der Waals surface area (Å²) in [5.74, 6) is 0.391. The zero-order chi connectivity index (χ0) is 15.3. The van der Waals surface area contributed by atoms with Crippen LogP contribution in [-0.4, -0.2) is 49.2 Å². The third-order valence-corrected chi connectivity index (χ3v) is 5.14. The van der Waals surface area contributed by atoms with Gasteiger partial charge in [-0.15, -0.1) is 0 Å². The Morgan fingerprint density at radius 1 is 1.29 bits per heavy atom. The van der Waals surface area contributed by atoms with Gasteiger partial charge in [-0.3, -0.25) is 4.90 Å². The van der Waals surface area contributed by atoms with Gasteiger partial charge in [0.05, 0.1) is 7.11 Å². The number of rotatable bonds is 8. The molecule has 1 N–H and O–H groups in total. The first kappa shape index (κ1) is 16.8. The average molecular weight is 296 g/mol. The first-order valence-electron chi connectivity index (χ1n) is 8.75. The predicted molar refractivity (Wildman–Crippen MR) is 85.3 cm³/mol. The van der Waals surface area contributed by atoms with Gasteiger partial charge in [0.25, 0.3) is 0 Å². The van der Waals surface area contributed by atoms with Crippen LogP contribution in [0.4, 0.5) is 0 Å². The number of nitrogens with one attached hydrogen (secondary N) is 1. The van der Waals surface area contributed by atoms with Crippen molar-refractivity contribution in [2.45, 2.75) is 70.4 Å². The zero-order valence-electron chi connectivity index (χ0n) is 14.0. The van der Waals surface area contributed by atoms with Crippen LogP contribution in [0, 0.1) is 5.92 Å². The van der Waals surface area contributed by atoms with Crippen LogP contribution in [0.15, 0.2) is 0 Å². The molecule has 1 aliphatic carbocycles. The lowest BCUT2D eigenvalue weighted by molar-refractivity contribution is -0.151. The van der Waals surface area contributed by atoms with E-state index in [4.69, 9.17) is 4.74 Å². The van der Waals surface area contributed by atoms with E-state index in [2.05, 4.69) is 24.1 Å². The SMILES string of the molecule is CCCC1CCCCN1CC(NCC)(C(=O)OC)C1CC1. The van der Waals surface area contributed by atoms with Crippen molar-refractivity contribution in [3.63, 3.8) is 0 Å². The van der Waals surface area contributed by atoms with E-state index in [0.717, 1.165) is 32.5 Å². The van der Waals surface area contributed by atoms with Crippen molar-refractivity contribution in [3.05, 3.63) is 0 Å². The van der Waals surface area contributed by atoms with Crippen LogP contribution in [0.1, 0.15) is 58.8 Å². The summed E-state index contributed by atoms with van der Waals surface area (Å²) in [7, 11) is 1.52. The molecule has 1 saturated carbocycles. The Hall–Kier alpha value is -0.610. The monoisotopic (exact) mass is 296 g/mol. The van der Waals surface area contributed by atoms with Gasteiger partial charge in [-0.1, -0.05) is 26.7 Å². The summed E-state index contributed by atoms with van der Waals surface area (Å²) in [6.45, 7) is 7.10. The molecule has 4 heteroatoms. The number of piperidine rings is 1. The van der Waals surface area contributed by atoms with Crippen LogP contribution < -0.4 is 5.32 Å². The molecule has 2 rings (SSSR count). The lowest BCUT2D eigenvalue weighted by Crippen LogP contribution is -2.62. The fourth-order valence-electron chi connectivity index (χ4n) is 3.96. The normalized spacial score (nSPS) is 26.3. The Morgan fingerprint density at radius 3 is 2.62 bits per heavy atom. The number of nitrogens with zero attached hydrogens (tertiary/aromatic N) is 1. The number of carbonyl (C=O) groups excluding carboxylic acids is 1. The molecular formula is C17H32N2O2. The number of methoxy groups -OCH3 is 1. The Morgan fingerprint density at radius 2 is 2.05 bits per heavy atom. The molecule has 2 aliphatic rings. The molecule has 1 saturated heterocycles. The van der Waals surface area contributed by atoms with Crippen molar-refractivity contribution in [3.8, 4) is 0 Å². The van der Waals surface area contributed by atoms with Gasteiger partial charge >= 0.3 is 5.97 Å². The van der Waals surface area contributed by atoms with Gasteiger partial charge in [0, 0.05) is 12.6 Å². The Balaban J connectivity index is 2.14. The lowest BCUT2D eigenvalue weighted by Gasteiger charge is -2.42. The minimum atomic E-state index is -0.479. The highest BCUT2D eigenvalue weighted by molar-refractivity contribution is 5.82. The maximum absolute atomic E-state index is 12.5. The maximum atomic E-state index is 12.5. The summed E-state index contributed by atoms with van der Waals surface area (Å²) in [5.41, 5.74) is -0.479. The molecule has 4 nitrogen and oxygen atoms in total. The van der Waals surface area contributed by atoms with E-state index in [0.29, 0.717) is 12.0 Å². The topological polar surface area (TPSA) is 41.6 Å². The fraction of sp³-hybridized carbons (Fsp3) is 0.941. The van der Waals surface area contributed by atoms with Crippen molar-refractivity contribution >= 4 is 5.97 Å². The largest absolute Gasteiger partial charge is 0.468 e. The van der Waals surface area contributed by atoms with Crippen LogP contribution in [-0.2, 0) is 9.53 Å². The van der Waals surface area contributed by atoms with Crippen molar-refractivity contribution in [1.29, 1.82) is 0 Å². The highest BCUT2D eigenvalue weighted by Gasteiger charge is 2.52. The molecule has 1 heterocycles.